The van der Waals surface area contributed by atoms with Crippen LogP contribution in [0.15, 0.2) is 84.4 Å². The van der Waals surface area contributed by atoms with Gasteiger partial charge < -0.3 is 15.2 Å². The molecule has 0 saturated heterocycles. The Kier molecular flexibility index (Phi) is 6.96. The Bertz CT molecular complexity index is 1260. The van der Waals surface area contributed by atoms with E-state index in [2.05, 4.69) is 0 Å². The molecule has 0 aliphatic rings. The minimum atomic E-state index is -0.561. The molecule has 8 heteroatoms. The SMILES string of the molecule is NC(=O)COc1cccc(COC(=O)/C=C/c2cn(-c3ccccc3)nc2-c2cccs2)c1. The summed E-state index contributed by atoms with van der Waals surface area (Å²) in [6, 6.07) is 20.7. The van der Waals surface area contributed by atoms with Gasteiger partial charge in [0, 0.05) is 17.8 Å². The first-order valence-corrected chi connectivity index (χ1v) is 11.0. The summed E-state index contributed by atoms with van der Waals surface area (Å²) in [7, 11) is 0. The smallest absolute Gasteiger partial charge is 0.331 e. The maximum Gasteiger partial charge on any atom is 0.331 e. The molecule has 1 amide bonds. The largest absolute Gasteiger partial charge is 0.484 e. The maximum absolute atomic E-state index is 12.3. The van der Waals surface area contributed by atoms with Crippen molar-refractivity contribution >= 4 is 29.3 Å². The van der Waals surface area contributed by atoms with Crippen LogP contribution in [0.25, 0.3) is 22.3 Å². The Balaban J connectivity index is 1.45. The van der Waals surface area contributed by atoms with Crippen molar-refractivity contribution < 1.29 is 19.1 Å². The summed E-state index contributed by atoms with van der Waals surface area (Å²) in [5.74, 6) is -0.565. The molecule has 2 heterocycles. The normalized spacial score (nSPS) is 10.9. The van der Waals surface area contributed by atoms with Gasteiger partial charge in [0.15, 0.2) is 6.61 Å². The number of nitrogens with two attached hydrogens (primary N) is 1. The van der Waals surface area contributed by atoms with Gasteiger partial charge in [-0.3, -0.25) is 4.79 Å². The number of thiophene rings is 1. The number of hydrogen-bond donors (Lipinski definition) is 1. The monoisotopic (exact) mass is 459 g/mol. The molecule has 2 aromatic heterocycles. The first-order valence-electron chi connectivity index (χ1n) is 10.1. The topological polar surface area (TPSA) is 96.4 Å². The van der Waals surface area contributed by atoms with Gasteiger partial charge in [0.25, 0.3) is 5.91 Å². The zero-order valence-electron chi connectivity index (χ0n) is 17.6. The molecule has 0 radical (unpaired) electrons. The zero-order chi connectivity index (χ0) is 23.0. The highest BCUT2D eigenvalue weighted by Gasteiger charge is 2.12. The van der Waals surface area contributed by atoms with Crippen LogP contribution in [0.1, 0.15) is 11.1 Å². The fourth-order valence-electron chi connectivity index (χ4n) is 3.07. The van der Waals surface area contributed by atoms with Gasteiger partial charge in [-0.05, 0) is 47.4 Å². The van der Waals surface area contributed by atoms with E-state index in [-0.39, 0.29) is 13.2 Å². The molecule has 0 atom stereocenters. The minimum Gasteiger partial charge on any atom is -0.484 e. The molecule has 0 aliphatic heterocycles. The highest BCUT2D eigenvalue weighted by Crippen LogP contribution is 2.28. The van der Waals surface area contributed by atoms with Gasteiger partial charge in [-0.1, -0.05) is 36.4 Å². The van der Waals surface area contributed by atoms with Gasteiger partial charge >= 0.3 is 5.97 Å². The van der Waals surface area contributed by atoms with Gasteiger partial charge in [-0.15, -0.1) is 11.3 Å². The molecule has 7 nitrogen and oxygen atoms in total. The van der Waals surface area contributed by atoms with Crippen LogP contribution in [0.5, 0.6) is 5.75 Å². The maximum atomic E-state index is 12.3. The molecule has 4 aromatic rings. The molecule has 0 aliphatic carbocycles. The lowest BCUT2D eigenvalue weighted by atomic mass is 10.2. The van der Waals surface area contributed by atoms with Gasteiger partial charge in [0.2, 0.25) is 0 Å². The third-order valence-electron chi connectivity index (χ3n) is 4.58. The molecule has 0 unspecified atom stereocenters. The summed E-state index contributed by atoms with van der Waals surface area (Å²) >= 11 is 1.58. The summed E-state index contributed by atoms with van der Waals surface area (Å²) in [5.41, 5.74) is 8.34. The number of carbonyl (C=O) groups excluding carboxylic acids is 2. The van der Waals surface area contributed by atoms with Crippen LogP contribution in [0, 0.1) is 0 Å². The summed E-state index contributed by atoms with van der Waals surface area (Å²) < 4.78 is 12.4. The lowest BCUT2D eigenvalue weighted by Gasteiger charge is -2.06. The molecule has 0 spiro atoms. The Labute approximate surface area is 194 Å². The van der Waals surface area contributed by atoms with Crippen LogP contribution in [0.3, 0.4) is 0 Å². The number of esters is 1. The number of ether oxygens (including phenoxy) is 2. The second kappa shape index (κ2) is 10.4. The van der Waals surface area contributed by atoms with Crippen LogP contribution in [0.2, 0.25) is 0 Å². The minimum absolute atomic E-state index is 0.0675. The average molecular weight is 460 g/mol. The molecule has 0 saturated carbocycles. The van der Waals surface area contributed by atoms with Crippen molar-refractivity contribution in [2.45, 2.75) is 6.61 Å². The summed E-state index contributed by atoms with van der Waals surface area (Å²) in [5, 5.41) is 6.70. The molecule has 33 heavy (non-hydrogen) atoms. The fourth-order valence-corrected chi connectivity index (χ4v) is 3.80. The molecule has 166 valence electrons. The fraction of sp³-hybridized carbons (Fsp3) is 0.0800. The Morgan fingerprint density at radius 3 is 2.67 bits per heavy atom. The quantitative estimate of drug-likeness (QED) is 0.299. The number of carbonyl (C=O) groups is 2. The van der Waals surface area contributed by atoms with Crippen molar-refractivity contribution in [1.29, 1.82) is 0 Å². The number of nitrogens with zero attached hydrogens (tertiary/aromatic N) is 2. The Morgan fingerprint density at radius 1 is 1.06 bits per heavy atom. The van der Waals surface area contributed by atoms with Gasteiger partial charge in [-0.25, -0.2) is 9.48 Å². The van der Waals surface area contributed by atoms with E-state index in [1.165, 1.54) is 6.08 Å². The highest BCUT2D eigenvalue weighted by atomic mass is 32.1. The van der Waals surface area contributed by atoms with Gasteiger partial charge in [0.1, 0.15) is 18.1 Å². The number of benzene rings is 2. The predicted octanol–water partition coefficient (Wildman–Crippen LogP) is 4.22. The van der Waals surface area contributed by atoms with Crippen LogP contribution in [-0.2, 0) is 20.9 Å². The van der Waals surface area contributed by atoms with Crippen molar-refractivity contribution in [2.75, 3.05) is 6.61 Å². The number of amides is 1. The van der Waals surface area contributed by atoms with E-state index in [1.807, 2.05) is 54.0 Å². The molecule has 0 bridgehead atoms. The second-order valence-electron chi connectivity index (χ2n) is 7.03. The van der Waals surface area contributed by atoms with E-state index >= 15 is 0 Å². The van der Waals surface area contributed by atoms with E-state index in [0.717, 1.165) is 27.4 Å². The lowest BCUT2D eigenvalue weighted by molar-refractivity contribution is -0.138. The van der Waals surface area contributed by atoms with Crippen molar-refractivity contribution in [3.63, 3.8) is 0 Å². The van der Waals surface area contributed by atoms with E-state index < -0.39 is 11.9 Å². The average Bonchev–Trinajstić information content (AvgIpc) is 3.51. The first kappa shape index (κ1) is 22.0. The number of rotatable bonds is 9. The van der Waals surface area contributed by atoms with Crippen LogP contribution in [0.4, 0.5) is 0 Å². The molecular weight excluding hydrogens is 438 g/mol. The van der Waals surface area contributed by atoms with Crippen LogP contribution >= 0.6 is 11.3 Å². The standard InChI is InChI=1S/C25H21N3O4S/c26-23(29)17-31-21-9-4-6-18(14-21)16-32-24(30)12-11-19-15-28(20-7-2-1-3-8-20)27-25(19)22-10-5-13-33-22/h1-15H,16-17H2,(H2,26,29)/b12-11+. The van der Waals surface area contributed by atoms with E-state index in [9.17, 15) is 9.59 Å². The number of primary amides is 1. The Morgan fingerprint density at radius 2 is 1.91 bits per heavy atom. The number of para-hydroxylation sites is 1. The van der Waals surface area contributed by atoms with Crippen molar-refractivity contribution in [3.05, 3.63) is 95.5 Å². The van der Waals surface area contributed by atoms with E-state index in [0.29, 0.717) is 5.75 Å². The first-order chi connectivity index (χ1) is 16.1. The summed E-state index contributed by atoms with van der Waals surface area (Å²) in [6.45, 7) is -0.146. The molecule has 2 aromatic carbocycles. The molecule has 2 N–H and O–H groups in total. The number of hydrogen-bond acceptors (Lipinski definition) is 6. The molecular formula is C25H21N3O4S. The van der Waals surface area contributed by atoms with Gasteiger partial charge in [0.05, 0.1) is 10.6 Å². The predicted molar refractivity (Wildman–Crippen MR) is 127 cm³/mol. The van der Waals surface area contributed by atoms with Crippen molar-refractivity contribution in [2.24, 2.45) is 5.73 Å². The zero-order valence-corrected chi connectivity index (χ0v) is 18.4. The summed E-state index contributed by atoms with van der Waals surface area (Å²) in [4.78, 5) is 24.2. The van der Waals surface area contributed by atoms with Crippen LogP contribution in [-0.4, -0.2) is 28.3 Å². The summed E-state index contributed by atoms with van der Waals surface area (Å²) in [6.07, 6.45) is 4.97. The van der Waals surface area contributed by atoms with Crippen LogP contribution < -0.4 is 10.5 Å². The Hall–Kier alpha value is -4.17. The molecule has 4 rings (SSSR count). The third-order valence-corrected chi connectivity index (χ3v) is 5.45. The second-order valence-corrected chi connectivity index (χ2v) is 7.98. The van der Waals surface area contributed by atoms with E-state index in [1.54, 1.807) is 46.4 Å². The van der Waals surface area contributed by atoms with Crippen molar-refractivity contribution in [3.8, 4) is 22.0 Å². The lowest BCUT2D eigenvalue weighted by Crippen LogP contribution is -2.20. The molecule has 0 fully saturated rings. The van der Waals surface area contributed by atoms with E-state index in [4.69, 9.17) is 20.3 Å². The third kappa shape index (κ3) is 5.96. The van der Waals surface area contributed by atoms with Gasteiger partial charge in [-0.2, -0.15) is 5.10 Å². The van der Waals surface area contributed by atoms with Crippen molar-refractivity contribution in [1.82, 2.24) is 9.78 Å². The highest BCUT2D eigenvalue weighted by molar-refractivity contribution is 7.13. The number of aromatic nitrogens is 2.